The fourth-order valence-electron chi connectivity index (χ4n) is 3.92. The molecule has 0 N–H and O–H groups in total. The lowest BCUT2D eigenvalue weighted by Crippen LogP contribution is -2.42. The maximum Gasteiger partial charge on any atom is 0.0424 e. The number of hydrogen-bond donors (Lipinski definition) is 0. The summed E-state index contributed by atoms with van der Waals surface area (Å²) in [7, 11) is 0. The molecule has 0 spiro atoms. The molecule has 1 fully saturated rings. The summed E-state index contributed by atoms with van der Waals surface area (Å²) in [6.07, 6.45) is 2.62. The molecule has 3 unspecified atom stereocenters. The van der Waals surface area contributed by atoms with Crippen LogP contribution in [0.4, 0.5) is 0 Å². The van der Waals surface area contributed by atoms with Crippen LogP contribution in [0.1, 0.15) is 75.2 Å². The maximum absolute atomic E-state index is 2.79. The van der Waals surface area contributed by atoms with Gasteiger partial charge in [-0.2, -0.15) is 0 Å². The van der Waals surface area contributed by atoms with E-state index in [1.165, 1.54) is 19.4 Å². The Labute approximate surface area is 115 Å². The molecule has 108 valence electrons. The van der Waals surface area contributed by atoms with Gasteiger partial charge in [0.05, 0.1) is 0 Å². The average molecular weight is 253 g/mol. The van der Waals surface area contributed by atoms with E-state index in [9.17, 15) is 0 Å². The van der Waals surface area contributed by atoms with Crippen LogP contribution in [0.2, 0.25) is 0 Å². The monoisotopic (exact) mass is 253 g/mol. The highest BCUT2D eigenvalue weighted by Crippen LogP contribution is 2.65. The van der Waals surface area contributed by atoms with Crippen molar-refractivity contribution in [1.29, 1.82) is 0 Å². The fraction of sp³-hybridized carbons (Fsp3) is 1.00. The summed E-state index contributed by atoms with van der Waals surface area (Å²) in [5, 5.41) is 0. The van der Waals surface area contributed by atoms with E-state index in [0.717, 1.165) is 5.92 Å². The minimum absolute atomic E-state index is 0.345. The minimum Gasteiger partial charge on any atom is -0.288 e. The summed E-state index contributed by atoms with van der Waals surface area (Å²) < 4.78 is 0. The highest BCUT2D eigenvalue weighted by atomic mass is 15.5. The third kappa shape index (κ3) is 1.85. The van der Waals surface area contributed by atoms with Crippen LogP contribution in [-0.4, -0.2) is 22.5 Å². The second kappa shape index (κ2) is 4.81. The van der Waals surface area contributed by atoms with Crippen molar-refractivity contribution < 1.29 is 0 Å². The second-order valence-corrected chi connectivity index (χ2v) is 7.76. The number of unbranched alkanes of at least 4 members (excludes halogenated alkanes) is 1. The third-order valence-electron chi connectivity index (χ3n) is 6.59. The second-order valence-electron chi connectivity index (χ2n) is 7.76. The molecule has 0 saturated carbocycles. The molecule has 0 radical (unpaired) electrons. The van der Waals surface area contributed by atoms with E-state index in [4.69, 9.17) is 0 Å². The first kappa shape index (κ1) is 16.0. The van der Waals surface area contributed by atoms with Crippen molar-refractivity contribution in [2.45, 2.75) is 86.2 Å². The smallest absolute Gasteiger partial charge is 0.0424 e. The van der Waals surface area contributed by atoms with Crippen LogP contribution in [0, 0.1) is 17.3 Å². The van der Waals surface area contributed by atoms with Crippen molar-refractivity contribution >= 4 is 0 Å². The SMILES string of the molecule is CCCCN1C(C)(C(C)C)C1(C)C(C)(C)C(C)C. The van der Waals surface area contributed by atoms with Gasteiger partial charge in [-0.3, -0.25) is 4.90 Å². The lowest BCUT2D eigenvalue weighted by Gasteiger charge is -2.39. The van der Waals surface area contributed by atoms with Crippen LogP contribution >= 0.6 is 0 Å². The number of rotatable bonds is 6. The summed E-state index contributed by atoms with van der Waals surface area (Å²) >= 11 is 0. The van der Waals surface area contributed by atoms with Gasteiger partial charge in [0.1, 0.15) is 0 Å². The van der Waals surface area contributed by atoms with Crippen molar-refractivity contribution in [3.05, 3.63) is 0 Å². The Balaban J connectivity index is 3.05. The van der Waals surface area contributed by atoms with Crippen LogP contribution in [0.15, 0.2) is 0 Å². The van der Waals surface area contributed by atoms with Crippen LogP contribution in [0.5, 0.6) is 0 Å². The van der Waals surface area contributed by atoms with Gasteiger partial charge in [-0.25, -0.2) is 0 Å². The van der Waals surface area contributed by atoms with E-state index in [0.29, 0.717) is 22.4 Å². The van der Waals surface area contributed by atoms with E-state index in [-0.39, 0.29) is 0 Å². The first-order chi connectivity index (χ1) is 8.08. The molecule has 1 heterocycles. The summed E-state index contributed by atoms with van der Waals surface area (Å²) in [6, 6.07) is 0. The van der Waals surface area contributed by atoms with Gasteiger partial charge >= 0.3 is 0 Å². The molecule has 18 heavy (non-hydrogen) atoms. The fourth-order valence-corrected chi connectivity index (χ4v) is 3.92. The summed E-state index contributed by atoms with van der Waals surface area (Å²) in [5.74, 6) is 1.43. The van der Waals surface area contributed by atoms with Crippen LogP contribution in [0.3, 0.4) is 0 Å². The van der Waals surface area contributed by atoms with E-state index in [1.807, 2.05) is 0 Å². The van der Waals surface area contributed by atoms with E-state index in [1.54, 1.807) is 0 Å². The average Bonchev–Trinajstić information content (AvgIpc) is 2.76. The Morgan fingerprint density at radius 2 is 1.56 bits per heavy atom. The topological polar surface area (TPSA) is 3.01 Å². The molecule has 3 atom stereocenters. The molecule has 0 amide bonds. The zero-order chi connectivity index (χ0) is 14.4. The molecule has 1 aliphatic rings. The van der Waals surface area contributed by atoms with Crippen molar-refractivity contribution in [2.75, 3.05) is 6.54 Å². The Hall–Kier alpha value is -0.0400. The van der Waals surface area contributed by atoms with Crippen molar-refractivity contribution in [3.63, 3.8) is 0 Å². The molecule has 0 aromatic rings. The zero-order valence-corrected chi connectivity index (χ0v) is 14.2. The molecule has 0 aromatic carbocycles. The molecule has 0 bridgehead atoms. The Morgan fingerprint density at radius 1 is 1.06 bits per heavy atom. The van der Waals surface area contributed by atoms with Gasteiger partial charge in [-0.15, -0.1) is 0 Å². The van der Waals surface area contributed by atoms with Crippen LogP contribution < -0.4 is 0 Å². The quantitative estimate of drug-likeness (QED) is 0.605. The molecule has 0 aromatic heterocycles. The molecule has 0 aliphatic carbocycles. The molecular weight excluding hydrogens is 218 g/mol. The van der Waals surface area contributed by atoms with Gasteiger partial charge < -0.3 is 0 Å². The van der Waals surface area contributed by atoms with E-state index >= 15 is 0 Å². The highest BCUT2D eigenvalue weighted by molar-refractivity contribution is 5.30. The predicted molar refractivity (Wildman–Crippen MR) is 81.9 cm³/mol. The standard InChI is InChI=1S/C17H35N/c1-10-11-12-18-16(8,14(4)5)17(18,9)15(6,7)13(2)3/h13-14H,10-12H2,1-9H3. The Kier molecular flexibility index (Phi) is 4.28. The lowest BCUT2D eigenvalue weighted by atomic mass is 9.64. The first-order valence-electron chi connectivity index (χ1n) is 7.86. The molecule has 1 aliphatic heterocycles. The third-order valence-corrected chi connectivity index (χ3v) is 6.59. The summed E-state index contributed by atoms with van der Waals surface area (Å²) in [6.45, 7) is 23.0. The van der Waals surface area contributed by atoms with Crippen molar-refractivity contribution in [2.24, 2.45) is 17.3 Å². The molecule has 1 rings (SSSR count). The normalized spacial score (nSPS) is 36.5. The number of hydrogen-bond acceptors (Lipinski definition) is 1. The van der Waals surface area contributed by atoms with Crippen molar-refractivity contribution in [3.8, 4) is 0 Å². The van der Waals surface area contributed by atoms with E-state index < -0.39 is 0 Å². The number of nitrogens with zero attached hydrogens (tertiary/aromatic N) is 1. The first-order valence-corrected chi connectivity index (χ1v) is 7.86. The van der Waals surface area contributed by atoms with E-state index in [2.05, 4.69) is 67.2 Å². The van der Waals surface area contributed by atoms with Crippen LogP contribution in [0.25, 0.3) is 0 Å². The molecular formula is C17H35N. The molecule has 1 nitrogen and oxygen atoms in total. The Bertz CT molecular complexity index is 292. The van der Waals surface area contributed by atoms with Gasteiger partial charge in [-0.05, 0) is 44.1 Å². The predicted octanol–water partition coefficient (Wildman–Crippen LogP) is 4.96. The highest BCUT2D eigenvalue weighted by Gasteiger charge is 2.75. The lowest BCUT2D eigenvalue weighted by molar-refractivity contribution is 0.136. The van der Waals surface area contributed by atoms with Crippen LogP contribution in [-0.2, 0) is 0 Å². The van der Waals surface area contributed by atoms with Gasteiger partial charge in [0.2, 0.25) is 0 Å². The Morgan fingerprint density at radius 3 is 1.89 bits per heavy atom. The maximum atomic E-state index is 2.79. The largest absolute Gasteiger partial charge is 0.288 e. The van der Waals surface area contributed by atoms with Gasteiger partial charge in [0, 0.05) is 11.1 Å². The molecule has 1 heteroatoms. The minimum atomic E-state index is 0.345. The summed E-state index contributed by atoms with van der Waals surface area (Å²) in [5.41, 5.74) is 1.08. The van der Waals surface area contributed by atoms with Crippen molar-refractivity contribution in [1.82, 2.24) is 4.90 Å². The van der Waals surface area contributed by atoms with Gasteiger partial charge in [-0.1, -0.05) is 54.9 Å². The van der Waals surface area contributed by atoms with Gasteiger partial charge in [0.15, 0.2) is 0 Å². The summed E-state index contributed by atoms with van der Waals surface area (Å²) in [4.78, 5) is 2.79. The molecule has 1 saturated heterocycles. The zero-order valence-electron chi connectivity index (χ0n) is 14.2. The van der Waals surface area contributed by atoms with Gasteiger partial charge in [0.25, 0.3) is 0 Å².